The first kappa shape index (κ1) is 16.9. The monoisotopic (exact) mass is 344 g/mol. The van der Waals surface area contributed by atoms with Crippen LogP contribution in [0.3, 0.4) is 0 Å². The van der Waals surface area contributed by atoms with Crippen molar-refractivity contribution in [3.63, 3.8) is 0 Å². The summed E-state index contributed by atoms with van der Waals surface area (Å²) in [6, 6.07) is 10.3. The van der Waals surface area contributed by atoms with Crippen LogP contribution in [0.2, 0.25) is 0 Å². The SMILES string of the molecule is Cc1ccccc1[C@@H]1[C@H]2CNC[C@H]2CN1C(=O)c1ccnnc1.Cl. The van der Waals surface area contributed by atoms with Gasteiger partial charge in [0, 0.05) is 25.6 Å². The zero-order valence-electron chi connectivity index (χ0n) is 13.6. The molecule has 6 heteroatoms. The van der Waals surface area contributed by atoms with E-state index >= 15 is 0 Å². The van der Waals surface area contributed by atoms with Gasteiger partial charge in [0.1, 0.15) is 0 Å². The number of aryl methyl sites for hydroxylation is 1. The number of carbonyl (C=O) groups excluding carboxylic acids is 1. The summed E-state index contributed by atoms with van der Waals surface area (Å²) in [6.07, 6.45) is 3.14. The number of hydrogen-bond donors (Lipinski definition) is 1. The Labute approximate surface area is 147 Å². The summed E-state index contributed by atoms with van der Waals surface area (Å²) < 4.78 is 0. The summed E-state index contributed by atoms with van der Waals surface area (Å²) in [5.74, 6) is 1.07. The maximum atomic E-state index is 13.0. The fourth-order valence-corrected chi connectivity index (χ4v) is 4.03. The molecule has 1 N–H and O–H groups in total. The van der Waals surface area contributed by atoms with Crippen molar-refractivity contribution < 1.29 is 4.79 Å². The Balaban J connectivity index is 0.00000169. The lowest BCUT2D eigenvalue weighted by Gasteiger charge is -2.29. The highest BCUT2D eigenvalue weighted by atomic mass is 35.5. The Morgan fingerprint density at radius 1 is 1.21 bits per heavy atom. The van der Waals surface area contributed by atoms with Crippen LogP contribution < -0.4 is 5.32 Å². The Morgan fingerprint density at radius 2 is 2.04 bits per heavy atom. The Bertz CT molecular complexity index is 724. The van der Waals surface area contributed by atoms with Crippen molar-refractivity contribution in [2.75, 3.05) is 19.6 Å². The van der Waals surface area contributed by atoms with Crippen molar-refractivity contribution in [1.29, 1.82) is 0 Å². The Morgan fingerprint density at radius 3 is 2.79 bits per heavy atom. The number of nitrogens with zero attached hydrogens (tertiary/aromatic N) is 3. The molecule has 2 aliphatic heterocycles. The molecule has 2 aliphatic rings. The van der Waals surface area contributed by atoms with Crippen molar-refractivity contribution in [2.24, 2.45) is 11.8 Å². The molecule has 3 heterocycles. The largest absolute Gasteiger partial charge is 0.331 e. The van der Waals surface area contributed by atoms with Gasteiger partial charge in [-0.15, -0.1) is 12.4 Å². The number of benzene rings is 1. The van der Waals surface area contributed by atoms with E-state index in [4.69, 9.17) is 0 Å². The van der Waals surface area contributed by atoms with E-state index in [1.54, 1.807) is 18.5 Å². The van der Waals surface area contributed by atoms with Gasteiger partial charge in [0.25, 0.3) is 5.91 Å². The summed E-state index contributed by atoms with van der Waals surface area (Å²) in [5.41, 5.74) is 3.13. The van der Waals surface area contributed by atoms with Crippen molar-refractivity contribution in [1.82, 2.24) is 20.4 Å². The van der Waals surface area contributed by atoms with Gasteiger partial charge in [-0.2, -0.15) is 10.2 Å². The van der Waals surface area contributed by atoms with Gasteiger partial charge in [-0.3, -0.25) is 4.79 Å². The predicted molar refractivity (Wildman–Crippen MR) is 94.1 cm³/mol. The van der Waals surface area contributed by atoms with E-state index in [1.807, 2.05) is 4.90 Å². The molecule has 1 aromatic carbocycles. The average Bonchev–Trinajstić information content (AvgIpc) is 3.17. The van der Waals surface area contributed by atoms with Crippen LogP contribution in [0.4, 0.5) is 0 Å². The number of rotatable bonds is 2. The lowest BCUT2D eigenvalue weighted by molar-refractivity contribution is 0.0713. The summed E-state index contributed by atoms with van der Waals surface area (Å²) in [7, 11) is 0. The molecule has 3 atom stereocenters. The Hall–Kier alpha value is -1.98. The van der Waals surface area contributed by atoms with Crippen LogP contribution in [0, 0.1) is 18.8 Å². The number of likely N-dealkylation sites (tertiary alicyclic amines) is 1. The standard InChI is InChI=1S/C18H20N4O.ClH/c1-12-4-2-3-5-15(12)17-16-10-19-8-14(16)11-22(17)18(23)13-6-7-20-21-9-13;/h2-7,9,14,16-17,19H,8,10-11H2,1H3;1H/t14-,16-,17+;/m0./s1. The van der Waals surface area contributed by atoms with Gasteiger partial charge < -0.3 is 10.2 Å². The smallest absolute Gasteiger partial charge is 0.256 e. The number of carbonyl (C=O) groups is 1. The minimum absolute atomic E-state index is 0. The normalized spacial score (nSPS) is 25.2. The molecule has 4 rings (SSSR count). The second-order valence-corrected chi connectivity index (χ2v) is 6.47. The molecule has 0 bridgehead atoms. The average molecular weight is 345 g/mol. The third kappa shape index (κ3) is 2.78. The molecule has 0 aliphatic carbocycles. The first-order valence-corrected chi connectivity index (χ1v) is 8.09. The summed E-state index contributed by atoms with van der Waals surface area (Å²) in [6.45, 7) is 4.90. The van der Waals surface area contributed by atoms with E-state index < -0.39 is 0 Å². The zero-order valence-corrected chi connectivity index (χ0v) is 14.4. The van der Waals surface area contributed by atoms with E-state index in [1.165, 1.54) is 11.1 Å². The third-order valence-corrected chi connectivity index (χ3v) is 5.16. The van der Waals surface area contributed by atoms with E-state index in [9.17, 15) is 4.79 Å². The Kier molecular flexibility index (Phi) is 4.83. The lowest BCUT2D eigenvalue weighted by atomic mass is 9.87. The van der Waals surface area contributed by atoms with Crippen LogP contribution in [-0.4, -0.2) is 40.6 Å². The molecular weight excluding hydrogens is 324 g/mol. The van der Waals surface area contributed by atoms with Gasteiger partial charge >= 0.3 is 0 Å². The van der Waals surface area contributed by atoms with Crippen LogP contribution in [0.15, 0.2) is 42.7 Å². The first-order chi connectivity index (χ1) is 11.3. The molecule has 5 nitrogen and oxygen atoms in total. The van der Waals surface area contributed by atoms with Crippen molar-refractivity contribution in [2.45, 2.75) is 13.0 Å². The molecule has 2 aromatic rings. The number of aromatic nitrogens is 2. The van der Waals surface area contributed by atoms with Crippen molar-refractivity contribution >= 4 is 18.3 Å². The number of fused-ring (bicyclic) bond motifs is 1. The molecule has 1 aromatic heterocycles. The van der Waals surface area contributed by atoms with Gasteiger partial charge in [0.05, 0.1) is 24.0 Å². The third-order valence-electron chi connectivity index (χ3n) is 5.16. The van der Waals surface area contributed by atoms with Gasteiger partial charge in [-0.25, -0.2) is 0 Å². The molecular formula is C18H21ClN4O. The number of nitrogens with one attached hydrogen (secondary N) is 1. The van der Waals surface area contributed by atoms with Crippen LogP contribution in [0.25, 0.3) is 0 Å². The molecule has 2 fully saturated rings. The fourth-order valence-electron chi connectivity index (χ4n) is 4.03. The van der Waals surface area contributed by atoms with E-state index in [-0.39, 0.29) is 24.4 Å². The van der Waals surface area contributed by atoms with Crippen LogP contribution in [0.5, 0.6) is 0 Å². The number of amides is 1. The quantitative estimate of drug-likeness (QED) is 0.907. The van der Waals surface area contributed by atoms with Crippen LogP contribution in [0.1, 0.15) is 27.5 Å². The van der Waals surface area contributed by atoms with Crippen molar-refractivity contribution in [3.8, 4) is 0 Å². The van der Waals surface area contributed by atoms with E-state index in [0.717, 1.165) is 19.6 Å². The molecule has 1 amide bonds. The molecule has 0 saturated carbocycles. The van der Waals surface area contributed by atoms with Gasteiger partial charge in [0.2, 0.25) is 0 Å². The fraction of sp³-hybridized carbons (Fsp3) is 0.389. The highest BCUT2D eigenvalue weighted by molar-refractivity contribution is 5.94. The first-order valence-electron chi connectivity index (χ1n) is 8.09. The highest BCUT2D eigenvalue weighted by Gasteiger charge is 2.47. The minimum Gasteiger partial charge on any atom is -0.331 e. The molecule has 0 radical (unpaired) electrons. The maximum Gasteiger partial charge on any atom is 0.256 e. The van der Waals surface area contributed by atoms with E-state index in [2.05, 4.69) is 46.7 Å². The lowest BCUT2D eigenvalue weighted by Crippen LogP contribution is -2.35. The van der Waals surface area contributed by atoms with Gasteiger partial charge in [0.15, 0.2) is 0 Å². The topological polar surface area (TPSA) is 58.1 Å². The molecule has 24 heavy (non-hydrogen) atoms. The van der Waals surface area contributed by atoms with Crippen molar-refractivity contribution in [3.05, 3.63) is 59.4 Å². The highest BCUT2D eigenvalue weighted by Crippen LogP contribution is 2.44. The van der Waals surface area contributed by atoms with Gasteiger partial charge in [-0.05, 0) is 30.0 Å². The summed E-state index contributed by atoms with van der Waals surface area (Å²) in [5, 5.41) is 11.1. The second-order valence-electron chi connectivity index (χ2n) is 6.47. The van der Waals surface area contributed by atoms with Crippen LogP contribution >= 0.6 is 12.4 Å². The summed E-state index contributed by atoms with van der Waals surface area (Å²) in [4.78, 5) is 15.0. The molecule has 0 spiro atoms. The molecule has 2 saturated heterocycles. The zero-order chi connectivity index (χ0) is 15.8. The van der Waals surface area contributed by atoms with Crippen LogP contribution in [-0.2, 0) is 0 Å². The minimum atomic E-state index is 0. The molecule has 126 valence electrons. The van der Waals surface area contributed by atoms with E-state index in [0.29, 0.717) is 17.4 Å². The molecule has 0 unspecified atom stereocenters. The second kappa shape index (κ2) is 6.87. The predicted octanol–water partition coefficient (Wildman–Crippen LogP) is 2.24. The number of hydrogen-bond acceptors (Lipinski definition) is 4. The maximum absolute atomic E-state index is 13.0. The number of halogens is 1. The summed E-state index contributed by atoms with van der Waals surface area (Å²) >= 11 is 0. The van der Waals surface area contributed by atoms with Gasteiger partial charge in [-0.1, -0.05) is 24.3 Å².